The zero-order valence-electron chi connectivity index (χ0n) is 17.9. The predicted molar refractivity (Wildman–Crippen MR) is 115 cm³/mol. The molecular weight excluding hydrogens is 364 g/mol. The van der Waals surface area contributed by atoms with Gasteiger partial charge in [0, 0.05) is 6.54 Å². The average Bonchev–Trinajstić information content (AvgIpc) is 2.63. The molecule has 0 radical (unpaired) electrons. The van der Waals surface area contributed by atoms with E-state index in [9.17, 15) is 9.59 Å². The zero-order chi connectivity index (χ0) is 21.2. The van der Waals surface area contributed by atoms with Crippen LogP contribution in [0.4, 0.5) is 5.69 Å². The highest BCUT2D eigenvalue weighted by Gasteiger charge is 2.29. The normalized spacial score (nSPS) is 15.9. The van der Waals surface area contributed by atoms with E-state index < -0.39 is 6.10 Å². The fraction of sp³-hybridized carbons (Fsp3) is 0.417. The van der Waals surface area contributed by atoms with Gasteiger partial charge in [-0.15, -0.1) is 0 Å². The van der Waals surface area contributed by atoms with Crippen molar-refractivity contribution in [2.45, 2.75) is 59.0 Å². The molecule has 0 spiro atoms. The monoisotopic (exact) mass is 394 g/mol. The van der Waals surface area contributed by atoms with Crippen LogP contribution in [-0.2, 0) is 21.4 Å². The van der Waals surface area contributed by atoms with Crippen molar-refractivity contribution in [3.63, 3.8) is 0 Å². The van der Waals surface area contributed by atoms with E-state index in [0.717, 1.165) is 6.42 Å². The number of amides is 2. The van der Waals surface area contributed by atoms with E-state index in [0.29, 0.717) is 18.0 Å². The largest absolute Gasteiger partial charge is 0.478 e. The standard InChI is InChI=1S/C24H30N2O3/c1-15-12-17(24(3,4)5)13-16(2)18(15)10-11-25-22(27)14-21-23(28)26-19-8-6-7-9-20(19)29-21/h6-9,12-13,21H,10-11,14H2,1-5H3,(H,25,27)(H,26,28). The Morgan fingerprint density at radius 1 is 1.14 bits per heavy atom. The molecule has 3 rings (SSSR count). The molecule has 1 aliphatic heterocycles. The Hall–Kier alpha value is -2.82. The minimum Gasteiger partial charge on any atom is -0.478 e. The second kappa shape index (κ2) is 8.27. The molecule has 2 aromatic rings. The fourth-order valence-corrected chi connectivity index (χ4v) is 3.62. The van der Waals surface area contributed by atoms with Gasteiger partial charge in [0.2, 0.25) is 5.91 Å². The summed E-state index contributed by atoms with van der Waals surface area (Å²) in [7, 11) is 0. The number of aryl methyl sites for hydroxylation is 2. The predicted octanol–water partition coefficient (Wildman–Crippen LogP) is 4.05. The molecule has 0 bridgehead atoms. The lowest BCUT2D eigenvalue weighted by molar-refractivity contribution is -0.130. The third-order valence-corrected chi connectivity index (χ3v) is 5.34. The number of ether oxygens (including phenoxy) is 1. The molecule has 0 aromatic heterocycles. The Labute approximate surface area is 172 Å². The van der Waals surface area contributed by atoms with Crippen LogP contribution in [0.15, 0.2) is 36.4 Å². The van der Waals surface area contributed by atoms with Crippen molar-refractivity contribution in [1.29, 1.82) is 0 Å². The number of para-hydroxylation sites is 2. The summed E-state index contributed by atoms with van der Waals surface area (Å²) in [6, 6.07) is 11.7. The van der Waals surface area contributed by atoms with Crippen LogP contribution < -0.4 is 15.4 Å². The van der Waals surface area contributed by atoms with Crippen LogP contribution in [0.25, 0.3) is 0 Å². The van der Waals surface area contributed by atoms with Crippen molar-refractivity contribution in [2.75, 3.05) is 11.9 Å². The first-order chi connectivity index (χ1) is 13.6. The van der Waals surface area contributed by atoms with E-state index in [4.69, 9.17) is 4.74 Å². The molecule has 2 amide bonds. The maximum Gasteiger partial charge on any atom is 0.266 e. The number of hydrogen-bond donors (Lipinski definition) is 2. The van der Waals surface area contributed by atoms with Gasteiger partial charge in [0.25, 0.3) is 5.91 Å². The molecule has 154 valence electrons. The van der Waals surface area contributed by atoms with Gasteiger partial charge >= 0.3 is 0 Å². The van der Waals surface area contributed by atoms with Gasteiger partial charge in [-0.25, -0.2) is 0 Å². The second-order valence-electron chi connectivity index (χ2n) is 8.73. The minimum absolute atomic E-state index is 0.00109. The number of rotatable bonds is 5. The Morgan fingerprint density at radius 2 is 1.79 bits per heavy atom. The third kappa shape index (κ3) is 4.97. The van der Waals surface area contributed by atoms with Crippen LogP contribution in [0.2, 0.25) is 0 Å². The first kappa shape index (κ1) is 20.9. The van der Waals surface area contributed by atoms with E-state index >= 15 is 0 Å². The van der Waals surface area contributed by atoms with Crippen LogP contribution in [0.3, 0.4) is 0 Å². The number of carbonyl (C=O) groups excluding carboxylic acids is 2. The van der Waals surface area contributed by atoms with Crippen molar-refractivity contribution in [2.24, 2.45) is 0 Å². The maximum atomic E-state index is 12.3. The van der Waals surface area contributed by atoms with Crippen LogP contribution in [0.5, 0.6) is 5.75 Å². The van der Waals surface area contributed by atoms with E-state index in [1.807, 2.05) is 12.1 Å². The SMILES string of the molecule is Cc1cc(C(C)(C)C)cc(C)c1CCNC(=O)CC1Oc2ccccc2NC1=O. The van der Waals surface area contributed by atoms with E-state index in [1.165, 1.54) is 22.3 Å². The first-order valence-electron chi connectivity index (χ1n) is 10.1. The maximum absolute atomic E-state index is 12.3. The molecule has 0 saturated heterocycles. The van der Waals surface area contributed by atoms with Gasteiger partial charge in [0.15, 0.2) is 6.10 Å². The molecule has 0 fully saturated rings. The number of hydrogen-bond acceptors (Lipinski definition) is 3. The lowest BCUT2D eigenvalue weighted by atomic mass is 9.83. The van der Waals surface area contributed by atoms with E-state index in [-0.39, 0.29) is 23.7 Å². The number of fused-ring (bicyclic) bond motifs is 1. The summed E-state index contributed by atoms with van der Waals surface area (Å²) < 4.78 is 5.69. The van der Waals surface area contributed by atoms with Gasteiger partial charge in [-0.3, -0.25) is 9.59 Å². The Bertz CT molecular complexity index is 905. The van der Waals surface area contributed by atoms with Gasteiger partial charge in [-0.2, -0.15) is 0 Å². The van der Waals surface area contributed by atoms with E-state index in [2.05, 4.69) is 57.4 Å². The third-order valence-electron chi connectivity index (χ3n) is 5.34. The molecule has 1 aliphatic rings. The highest BCUT2D eigenvalue weighted by molar-refractivity contribution is 5.99. The number of nitrogens with one attached hydrogen (secondary N) is 2. The summed E-state index contributed by atoms with van der Waals surface area (Å²) in [5, 5.41) is 5.71. The van der Waals surface area contributed by atoms with Crippen molar-refractivity contribution in [1.82, 2.24) is 5.32 Å². The van der Waals surface area contributed by atoms with Gasteiger partial charge < -0.3 is 15.4 Å². The number of carbonyl (C=O) groups is 2. The van der Waals surface area contributed by atoms with Gasteiger partial charge in [0.05, 0.1) is 12.1 Å². The lowest BCUT2D eigenvalue weighted by Gasteiger charge is -2.25. The summed E-state index contributed by atoms with van der Waals surface area (Å²) >= 11 is 0. The molecule has 0 aliphatic carbocycles. The smallest absolute Gasteiger partial charge is 0.266 e. The van der Waals surface area contributed by atoms with Gasteiger partial charge in [-0.1, -0.05) is 45.0 Å². The molecule has 0 saturated carbocycles. The average molecular weight is 395 g/mol. The molecule has 2 aromatic carbocycles. The molecule has 5 heteroatoms. The van der Waals surface area contributed by atoms with Crippen molar-refractivity contribution in [3.05, 3.63) is 58.7 Å². The molecule has 1 heterocycles. The molecule has 5 nitrogen and oxygen atoms in total. The molecule has 1 atom stereocenters. The Kier molecular flexibility index (Phi) is 5.96. The molecular formula is C24H30N2O3. The number of anilines is 1. The Morgan fingerprint density at radius 3 is 2.45 bits per heavy atom. The molecule has 2 N–H and O–H groups in total. The lowest BCUT2D eigenvalue weighted by Crippen LogP contribution is -2.41. The minimum atomic E-state index is -0.806. The highest BCUT2D eigenvalue weighted by atomic mass is 16.5. The highest BCUT2D eigenvalue weighted by Crippen LogP contribution is 2.30. The summed E-state index contributed by atoms with van der Waals surface area (Å²) in [5.41, 5.74) is 5.83. The molecule has 29 heavy (non-hydrogen) atoms. The Balaban J connectivity index is 1.55. The van der Waals surface area contributed by atoms with Gasteiger partial charge in [0.1, 0.15) is 5.75 Å². The van der Waals surface area contributed by atoms with Crippen molar-refractivity contribution < 1.29 is 14.3 Å². The summed E-state index contributed by atoms with van der Waals surface area (Å²) in [6.07, 6.45) is -0.0467. The summed E-state index contributed by atoms with van der Waals surface area (Å²) in [5.74, 6) is 0.115. The summed E-state index contributed by atoms with van der Waals surface area (Å²) in [4.78, 5) is 24.5. The van der Waals surface area contributed by atoms with Crippen LogP contribution in [-0.4, -0.2) is 24.5 Å². The van der Waals surface area contributed by atoms with Gasteiger partial charge in [-0.05, 0) is 60.1 Å². The topological polar surface area (TPSA) is 67.4 Å². The van der Waals surface area contributed by atoms with Crippen LogP contribution in [0, 0.1) is 13.8 Å². The van der Waals surface area contributed by atoms with Crippen LogP contribution >= 0.6 is 0 Å². The zero-order valence-corrected chi connectivity index (χ0v) is 17.9. The fourth-order valence-electron chi connectivity index (χ4n) is 3.62. The quantitative estimate of drug-likeness (QED) is 0.804. The van der Waals surface area contributed by atoms with E-state index in [1.54, 1.807) is 12.1 Å². The van der Waals surface area contributed by atoms with Crippen molar-refractivity contribution in [3.8, 4) is 5.75 Å². The summed E-state index contributed by atoms with van der Waals surface area (Å²) in [6.45, 7) is 11.4. The molecule has 1 unspecified atom stereocenters. The first-order valence-corrected chi connectivity index (χ1v) is 10.1. The van der Waals surface area contributed by atoms with Crippen LogP contribution in [0.1, 0.15) is 49.4 Å². The second-order valence-corrected chi connectivity index (χ2v) is 8.73. The van der Waals surface area contributed by atoms with Crippen molar-refractivity contribution >= 4 is 17.5 Å². The number of benzene rings is 2.